The van der Waals surface area contributed by atoms with Gasteiger partial charge in [0, 0.05) is 6.20 Å². The molecule has 98 valence electrons. The Morgan fingerprint density at radius 2 is 2.16 bits per heavy atom. The fraction of sp³-hybridized carbons (Fsp3) is 0.0833. The van der Waals surface area contributed by atoms with Crippen LogP contribution in [0.4, 0.5) is 4.39 Å². The second kappa shape index (κ2) is 4.89. The van der Waals surface area contributed by atoms with Crippen molar-refractivity contribution in [2.24, 2.45) is 5.73 Å². The summed E-state index contributed by atoms with van der Waals surface area (Å²) in [5.74, 6) is -1.48. The number of ether oxygens (including phenoxy) is 1. The van der Waals surface area contributed by atoms with Crippen LogP contribution in [0.25, 0.3) is 5.69 Å². The second-order valence-corrected chi connectivity index (χ2v) is 3.62. The van der Waals surface area contributed by atoms with E-state index in [0.717, 1.165) is 10.7 Å². The van der Waals surface area contributed by atoms with Gasteiger partial charge in [-0.15, -0.1) is 0 Å². The van der Waals surface area contributed by atoms with Gasteiger partial charge in [-0.2, -0.15) is 9.78 Å². The number of carbonyl (C=O) groups excluding carboxylic acids is 1. The van der Waals surface area contributed by atoms with Crippen molar-refractivity contribution in [1.29, 1.82) is 0 Å². The molecule has 0 radical (unpaired) electrons. The van der Waals surface area contributed by atoms with Crippen LogP contribution in [-0.2, 0) is 0 Å². The number of nitrogens with zero attached hydrogens (tertiary/aromatic N) is 2. The molecule has 7 heteroatoms. The Labute approximate surface area is 107 Å². The first-order chi connectivity index (χ1) is 9.06. The third kappa shape index (κ3) is 2.17. The van der Waals surface area contributed by atoms with E-state index in [-0.39, 0.29) is 17.0 Å². The minimum absolute atomic E-state index is 0.122. The highest BCUT2D eigenvalue weighted by molar-refractivity contribution is 5.92. The summed E-state index contributed by atoms with van der Waals surface area (Å²) in [7, 11) is 1.33. The minimum atomic E-state index is -0.906. The quantitative estimate of drug-likeness (QED) is 0.872. The lowest BCUT2D eigenvalue weighted by molar-refractivity contribution is 0.0998. The molecule has 0 aliphatic rings. The van der Waals surface area contributed by atoms with E-state index in [2.05, 4.69) is 5.10 Å². The fourth-order valence-corrected chi connectivity index (χ4v) is 1.62. The predicted molar refractivity (Wildman–Crippen MR) is 64.9 cm³/mol. The number of halogens is 1. The molecule has 2 N–H and O–H groups in total. The molecule has 2 aromatic rings. The highest BCUT2D eigenvalue weighted by Crippen LogP contribution is 2.23. The average Bonchev–Trinajstić information content (AvgIpc) is 2.39. The molecule has 0 atom stereocenters. The van der Waals surface area contributed by atoms with E-state index in [9.17, 15) is 14.0 Å². The van der Waals surface area contributed by atoms with E-state index in [4.69, 9.17) is 10.5 Å². The van der Waals surface area contributed by atoms with Crippen molar-refractivity contribution < 1.29 is 13.9 Å². The topological polar surface area (TPSA) is 87.2 Å². The van der Waals surface area contributed by atoms with Crippen molar-refractivity contribution in [2.75, 3.05) is 7.11 Å². The van der Waals surface area contributed by atoms with Gasteiger partial charge in [-0.05, 0) is 18.2 Å². The molecule has 0 spiro atoms. The Morgan fingerprint density at radius 1 is 1.42 bits per heavy atom. The van der Waals surface area contributed by atoms with E-state index in [1.54, 1.807) is 0 Å². The lowest BCUT2D eigenvalue weighted by Crippen LogP contribution is -2.30. The van der Waals surface area contributed by atoms with Crippen LogP contribution >= 0.6 is 0 Å². The highest BCUT2D eigenvalue weighted by Gasteiger charge is 2.17. The first-order valence-electron chi connectivity index (χ1n) is 5.27. The number of rotatable bonds is 3. The molecule has 1 aromatic heterocycles. The van der Waals surface area contributed by atoms with E-state index >= 15 is 0 Å². The molecular formula is C12H10FN3O3. The van der Waals surface area contributed by atoms with Crippen LogP contribution in [0.5, 0.6) is 5.75 Å². The summed E-state index contributed by atoms with van der Waals surface area (Å²) >= 11 is 0. The lowest BCUT2D eigenvalue weighted by atomic mass is 10.2. The monoisotopic (exact) mass is 263 g/mol. The molecule has 1 heterocycles. The summed E-state index contributed by atoms with van der Waals surface area (Å²) < 4.78 is 19.6. The van der Waals surface area contributed by atoms with Crippen LogP contribution < -0.4 is 16.0 Å². The maximum atomic E-state index is 13.8. The molecule has 19 heavy (non-hydrogen) atoms. The minimum Gasteiger partial charge on any atom is -0.494 e. The summed E-state index contributed by atoms with van der Waals surface area (Å²) in [5, 5.41) is 3.74. The summed E-state index contributed by atoms with van der Waals surface area (Å²) in [4.78, 5) is 23.1. The first kappa shape index (κ1) is 12.7. The van der Waals surface area contributed by atoms with Crippen molar-refractivity contribution in [2.45, 2.75) is 0 Å². The van der Waals surface area contributed by atoms with Crippen LogP contribution in [-0.4, -0.2) is 22.8 Å². The van der Waals surface area contributed by atoms with Gasteiger partial charge in [0.15, 0.2) is 5.82 Å². The SMILES string of the molecule is COc1cccc(F)c1-n1nccc(C(N)=O)c1=O. The first-order valence-corrected chi connectivity index (χ1v) is 5.27. The van der Waals surface area contributed by atoms with Gasteiger partial charge in [0.25, 0.3) is 11.5 Å². The zero-order chi connectivity index (χ0) is 14.0. The summed E-state index contributed by atoms with van der Waals surface area (Å²) in [6.07, 6.45) is 1.19. The standard InChI is InChI=1S/C12H10FN3O3/c1-19-9-4-2-3-8(13)10(9)16-12(18)7(11(14)17)5-6-15-16/h2-6H,1H3,(H2,14,17). The van der Waals surface area contributed by atoms with Crippen molar-refractivity contribution in [3.05, 3.63) is 52.2 Å². The summed E-state index contributed by atoms with van der Waals surface area (Å²) in [6.45, 7) is 0. The Morgan fingerprint density at radius 3 is 2.79 bits per heavy atom. The third-order valence-electron chi connectivity index (χ3n) is 2.49. The van der Waals surface area contributed by atoms with Gasteiger partial charge in [0.05, 0.1) is 7.11 Å². The van der Waals surface area contributed by atoms with Crippen molar-refractivity contribution >= 4 is 5.91 Å². The fourth-order valence-electron chi connectivity index (χ4n) is 1.62. The molecule has 1 amide bonds. The normalized spacial score (nSPS) is 10.2. The van der Waals surface area contributed by atoms with Gasteiger partial charge in [0.1, 0.15) is 17.0 Å². The number of hydrogen-bond acceptors (Lipinski definition) is 4. The van der Waals surface area contributed by atoms with E-state index in [1.165, 1.54) is 31.5 Å². The zero-order valence-electron chi connectivity index (χ0n) is 9.96. The zero-order valence-corrected chi connectivity index (χ0v) is 9.96. The molecular weight excluding hydrogens is 253 g/mol. The number of para-hydroxylation sites is 1. The van der Waals surface area contributed by atoms with Crippen LogP contribution in [0.3, 0.4) is 0 Å². The maximum Gasteiger partial charge on any atom is 0.284 e. The van der Waals surface area contributed by atoms with Crippen LogP contribution in [0.1, 0.15) is 10.4 Å². The van der Waals surface area contributed by atoms with Gasteiger partial charge < -0.3 is 10.5 Å². The van der Waals surface area contributed by atoms with Crippen molar-refractivity contribution in [3.63, 3.8) is 0 Å². The number of hydrogen-bond donors (Lipinski definition) is 1. The van der Waals surface area contributed by atoms with Crippen LogP contribution in [0.15, 0.2) is 35.3 Å². The maximum absolute atomic E-state index is 13.8. The Bertz CT molecular complexity index is 697. The van der Waals surface area contributed by atoms with Gasteiger partial charge in [-0.1, -0.05) is 6.07 Å². The molecule has 0 fully saturated rings. The Hall–Kier alpha value is -2.70. The van der Waals surface area contributed by atoms with Crippen LogP contribution in [0, 0.1) is 5.82 Å². The molecule has 6 nitrogen and oxygen atoms in total. The number of amides is 1. The number of primary amides is 1. The largest absolute Gasteiger partial charge is 0.494 e. The highest BCUT2D eigenvalue weighted by atomic mass is 19.1. The van der Waals surface area contributed by atoms with E-state index in [1.807, 2.05) is 0 Å². The summed E-state index contributed by atoms with van der Waals surface area (Å²) in [6, 6.07) is 5.24. The average molecular weight is 263 g/mol. The molecule has 0 saturated heterocycles. The van der Waals surface area contributed by atoms with Gasteiger partial charge in [-0.3, -0.25) is 9.59 Å². The molecule has 0 bridgehead atoms. The summed E-state index contributed by atoms with van der Waals surface area (Å²) in [5.41, 5.74) is 3.81. The Kier molecular flexibility index (Phi) is 3.28. The number of carbonyl (C=O) groups is 1. The lowest BCUT2D eigenvalue weighted by Gasteiger charge is -2.10. The predicted octanol–water partition coefficient (Wildman–Crippen LogP) is 0.479. The van der Waals surface area contributed by atoms with E-state index < -0.39 is 17.3 Å². The van der Waals surface area contributed by atoms with Crippen molar-refractivity contribution in [1.82, 2.24) is 9.78 Å². The molecule has 2 rings (SSSR count). The third-order valence-corrected chi connectivity index (χ3v) is 2.49. The van der Waals surface area contributed by atoms with Gasteiger partial charge in [-0.25, -0.2) is 4.39 Å². The molecule has 0 aliphatic carbocycles. The number of nitrogens with two attached hydrogens (primary N) is 1. The van der Waals surface area contributed by atoms with Crippen LogP contribution in [0.2, 0.25) is 0 Å². The smallest absolute Gasteiger partial charge is 0.284 e. The molecule has 1 aromatic carbocycles. The van der Waals surface area contributed by atoms with Gasteiger partial charge in [0.2, 0.25) is 0 Å². The number of benzene rings is 1. The van der Waals surface area contributed by atoms with Gasteiger partial charge >= 0.3 is 0 Å². The molecule has 0 unspecified atom stereocenters. The second-order valence-electron chi connectivity index (χ2n) is 3.62. The molecule has 0 saturated carbocycles. The van der Waals surface area contributed by atoms with Crippen molar-refractivity contribution in [3.8, 4) is 11.4 Å². The number of aromatic nitrogens is 2. The van der Waals surface area contributed by atoms with E-state index in [0.29, 0.717) is 0 Å². The number of methoxy groups -OCH3 is 1. The Balaban J connectivity index is 2.77. The molecule has 0 aliphatic heterocycles.